The van der Waals surface area contributed by atoms with Crippen LogP contribution in [0.1, 0.15) is 53.0 Å². The number of hydrogen-bond donors (Lipinski definition) is 2. The summed E-state index contributed by atoms with van der Waals surface area (Å²) in [4.78, 5) is 11.9. The maximum Gasteiger partial charge on any atom is 0.407 e. The number of ether oxygens (including phenoxy) is 1. The summed E-state index contributed by atoms with van der Waals surface area (Å²) in [6.07, 6.45) is 2.58. The number of carbonyl (C=O) groups excluding carboxylic acids is 1. The van der Waals surface area contributed by atoms with Crippen molar-refractivity contribution in [3.63, 3.8) is 0 Å². The lowest BCUT2D eigenvalue weighted by molar-refractivity contribution is 0.0502. The molecular formula is C19H32N2O2. The number of hydrogen-bond acceptors (Lipinski definition) is 3. The standard InChI is InChI=1S/C19H32N2O2/c1-6-16(13-15-11-9-8-10-12-15)20-14-17(7-2)21-18(22)23-19(3,4)5/h8-12,16-17,20H,6-7,13-14H2,1-5H3,(H,21,22). The van der Waals surface area contributed by atoms with Crippen LogP contribution in [0.3, 0.4) is 0 Å². The molecule has 1 amide bonds. The fourth-order valence-electron chi connectivity index (χ4n) is 2.34. The Balaban J connectivity index is 2.43. The van der Waals surface area contributed by atoms with Gasteiger partial charge >= 0.3 is 6.09 Å². The Morgan fingerprint density at radius 2 is 1.70 bits per heavy atom. The molecule has 0 aliphatic heterocycles. The Kier molecular flexibility index (Phi) is 8.10. The third-order valence-corrected chi connectivity index (χ3v) is 3.68. The van der Waals surface area contributed by atoms with E-state index in [1.54, 1.807) is 0 Å². The molecule has 4 nitrogen and oxygen atoms in total. The van der Waals surface area contributed by atoms with Crippen LogP contribution in [-0.4, -0.2) is 30.3 Å². The van der Waals surface area contributed by atoms with Gasteiger partial charge in [-0.15, -0.1) is 0 Å². The molecule has 0 heterocycles. The van der Waals surface area contributed by atoms with Crippen LogP contribution in [0.5, 0.6) is 0 Å². The first kappa shape index (κ1) is 19.5. The highest BCUT2D eigenvalue weighted by Crippen LogP contribution is 2.08. The van der Waals surface area contributed by atoms with Gasteiger partial charge in [0, 0.05) is 18.6 Å². The number of benzene rings is 1. The van der Waals surface area contributed by atoms with Gasteiger partial charge in [-0.05, 0) is 45.6 Å². The predicted octanol–water partition coefficient (Wildman–Crippen LogP) is 3.90. The molecule has 0 spiro atoms. The van der Waals surface area contributed by atoms with E-state index in [0.29, 0.717) is 6.04 Å². The summed E-state index contributed by atoms with van der Waals surface area (Å²) in [5.74, 6) is 0. The zero-order chi connectivity index (χ0) is 17.3. The molecule has 4 heteroatoms. The van der Waals surface area contributed by atoms with Gasteiger partial charge in [-0.25, -0.2) is 4.79 Å². The second-order valence-corrected chi connectivity index (χ2v) is 6.95. The zero-order valence-corrected chi connectivity index (χ0v) is 15.2. The molecule has 0 saturated heterocycles. The molecule has 0 saturated carbocycles. The lowest BCUT2D eigenvalue weighted by atomic mass is 10.0. The lowest BCUT2D eigenvalue weighted by Crippen LogP contribution is -2.46. The first-order valence-electron chi connectivity index (χ1n) is 8.60. The Morgan fingerprint density at radius 1 is 1.09 bits per heavy atom. The van der Waals surface area contributed by atoms with E-state index in [0.717, 1.165) is 25.8 Å². The maximum atomic E-state index is 11.9. The molecule has 0 aliphatic carbocycles. The van der Waals surface area contributed by atoms with Crippen LogP contribution in [0.15, 0.2) is 30.3 Å². The molecule has 130 valence electrons. The van der Waals surface area contributed by atoms with Gasteiger partial charge in [-0.2, -0.15) is 0 Å². The van der Waals surface area contributed by atoms with Crippen LogP contribution >= 0.6 is 0 Å². The molecular weight excluding hydrogens is 288 g/mol. The molecule has 1 aromatic carbocycles. The van der Waals surface area contributed by atoms with E-state index in [1.807, 2.05) is 26.8 Å². The van der Waals surface area contributed by atoms with E-state index in [4.69, 9.17) is 4.74 Å². The number of alkyl carbamates (subject to hydrolysis) is 1. The lowest BCUT2D eigenvalue weighted by Gasteiger charge is -2.25. The van der Waals surface area contributed by atoms with Crippen molar-refractivity contribution in [3.05, 3.63) is 35.9 Å². The van der Waals surface area contributed by atoms with Crippen molar-refractivity contribution in [1.82, 2.24) is 10.6 Å². The molecule has 2 atom stereocenters. The maximum absolute atomic E-state index is 11.9. The van der Waals surface area contributed by atoms with Gasteiger partial charge in [0.1, 0.15) is 5.60 Å². The van der Waals surface area contributed by atoms with E-state index in [1.165, 1.54) is 5.56 Å². The average Bonchev–Trinajstić information content (AvgIpc) is 2.49. The van der Waals surface area contributed by atoms with Gasteiger partial charge in [0.05, 0.1) is 0 Å². The van der Waals surface area contributed by atoms with Crippen LogP contribution < -0.4 is 10.6 Å². The van der Waals surface area contributed by atoms with Gasteiger partial charge < -0.3 is 15.4 Å². The van der Waals surface area contributed by atoms with E-state index >= 15 is 0 Å². The SMILES string of the molecule is CCC(Cc1ccccc1)NCC(CC)NC(=O)OC(C)(C)C. The Morgan fingerprint density at radius 3 is 2.22 bits per heavy atom. The highest BCUT2D eigenvalue weighted by molar-refractivity contribution is 5.68. The van der Waals surface area contributed by atoms with Crippen molar-refractivity contribution in [2.24, 2.45) is 0 Å². The summed E-state index contributed by atoms with van der Waals surface area (Å²) in [5.41, 5.74) is 0.870. The largest absolute Gasteiger partial charge is 0.444 e. The summed E-state index contributed by atoms with van der Waals surface area (Å²) in [5, 5.41) is 6.51. The van der Waals surface area contributed by atoms with E-state index in [9.17, 15) is 4.79 Å². The quantitative estimate of drug-likeness (QED) is 0.764. The van der Waals surface area contributed by atoms with Crippen molar-refractivity contribution in [3.8, 4) is 0 Å². The van der Waals surface area contributed by atoms with Crippen molar-refractivity contribution >= 4 is 6.09 Å². The van der Waals surface area contributed by atoms with Gasteiger partial charge in [0.15, 0.2) is 0 Å². The molecule has 2 N–H and O–H groups in total. The summed E-state index contributed by atoms with van der Waals surface area (Å²) < 4.78 is 5.32. The summed E-state index contributed by atoms with van der Waals surface area (Å²) >= 11 is 0. The minimum atomic E-state index is -0.463. The monoisotopic (exact) mass is 320 g/mol. The van der Waals surface area contributed by atoms with Crippen LogP contribution in [-0.2, 0) is 11.2 Å². The van der Waals surface area contributed by atoms with Gasteiger partial charge in [-0.1, -0.05) is 44.2 Å². The molecule has 0 fully saturated rings. The minimum absolute atomic E-state index is 0.0784. The number of carbonyl (C=O) groups is 1. The Bertz CT molecular complexity index is 454. The first-order chi connectivity index (χ1) is 10.8. The fourth-order valence-corrected chi connectivity index (χ4v) is 2.34. The van der Waals surface area contributed by atoms with Crippen molar-refractivity contribution < 1.29 is 9.53 Å². The summed E-state index contributed by atoms with van der Waals surface area (Å²) in [7, 11) is 0. The van der Waals surface area contributed by atoms with Crippen LogP contribution in [0, 0.1) is 0 Å². The van der Waals surface area contributed by atoms with Crippen LogP contribution in [0.25, 0.3) is 0 Å². The first-order valence-corrected chi connectivity index (χ1v) is 8.60. The molecule has 0 aliphatic rings. The van der Waals surface area contributed by atoms with E-state index < -0.39 is 5.60 Å². The minimum Gasteiger partial charge on any atom is -0.444 e. The van der Waals surface area contributed by atoms with Crippen LogP contribution in [0.4, 0.5) is 4.79 Å². The molecule has 2 unspecified atom stereocenters. The van der Waals surface area contributed by atoms with Crippen molar-refractivity contribution in [2.75, 3.05) is 6.54 Å². The number of rotatable bonds is 8. The molecule has 23 heavy (non-hydrogen) atoms. The highest BCUT2D eigenvalue weighted by Gasteiger charge is 2.19. The third kappa shape index (κ3) is 8.60. The Labute approximate surface area is 141 Å². The Hall–Kier alpha value is -1.55. The summed E-state index contributed by atoms with van der Waals surface area (Å²) in [6.45, 7) is 10.6. The second-order valence-electron chi connectivity index (χ2n) is 6.95. The number of nitrogens with one attached hydrogen (secondary N) is 2. The van der Waals surface area contributed by atoms with E-state index in [-0.39, 0.29) is 12.1 Å². The van der Waals surface area contributed by atoms with Gasteiger partial charge in [0.25, 0.3) is 0 Å². The smallest absolute Gasteiger partial charge is 0.407 e. The molecule has 0 aromatic heterocycles. The van der Waals surface area contributed by atoms with Gasteiger partial charge in [0.2, 0.25) is 0 Å². The number of amides is 1. The molecule has 0 bridgehead atoms. The fraction of sp³-hybridized carbons (Fsp3) is 0.632. The third-order valence-electron chi connectivity index (χ3n) is 3.68. The van der Waals surface area contributed by atoms with Gasteiger partial charge in [-0.3, -0.25) is 0 Å². The normalized spacial score (nSPS) is 14.1. The topological polar surface area (TPSA) is 50.4 Å². The zero-order valence-electron chi connectivity index (χ0n) is 15.2. The average molecular weight is 320 g/mol. The van der Waals surface area contributed by atoms with Crippen LogP contribution in [0.2, 0.25) is 0 Å². The predicted molar refractivity (Wildman–Crippen MR) is 95.7 cm³/mol. The summed E-state index contributed by atoms with van der Waals surface area (Å²) in [6, 6.07) is 11.0. The molecule has 1 rings (SSSR count). The second kappa shape index (κ2) is 9.56. The van der Waals surface area contributed by atoms with E-state index in [2.05, 4.69) is 48.7 Å². The molecule has 0 radical (unpaired) electrons. The highest BCUT2D eigenvalue weighted by atomic mass is 16.6. The van der Waals surface area contributed by atoms with Crippen molar-refractivity contribution in [2.45, 2.75) is 71.6 Å². The molecule has 1 aromatic rings. The van der Waals surface area contributed by atoms with Crippen molar-refractivity contribution in [1.29, 1.82) is 0 Å².